The minimum Gasteiger partial charge on any atom is -0.402 e. The zero-order valence-electron chi connectivity index (χ0n) is 9.55. The van der Waals surface area contributed by atoms with E-state index in [0.717, 1.165) is 0 Å². The molecule has 2 nitrogen and oxygen atoms in total. The van der Waals surface area contributed by atoms with E-state index in [1.54, 1.807) is 25.6 Å². The van der Waals surface area contributed by atoms with Crippen LogP contribution in [0.5, 0.6) is 0 Å². The summed E-state index contributed by atoms with van der Waals surface area (Å²) in [5.74, 6) is 0. The predicted molar refractivity (Wildman–Crippen MR) is 72.3 cm³/mol. The molecule has 0 N–H and O–H groups in total. The molecule has 0 aliphatic rings. The minimum atomic E-state index is -0.568. The lowest BCUT2D eigenvalue weighted by Crippen LogP contribution is -1.93. The molecule has 0 saturated heterocycles. The highest BCUT2D eigenvalue weighted by atomic mass is 32.1. The first-order valence-corrected chi connectivity index (χ1v) is 6.98. The maximum Gasteiger partial charge on any atom is 0.303 e. The van der Waals surface area contributed by atoms with Crippen molar-refractivity contribution in [1.29, 1.82) is 0 Å². The van der Waals surface area contributed by atoms with Gasteiger partial charge in [0.2, 0.25) is 0 Å². The molecule has 0 amide bonds. The van der Waals surface area contributed by atoms with Crippen LogP contribution in [0.4, 0.5) is 0 Å². The number of hydrogen-bond acceptors (Lipinski definition) is 3. The van der Waals surface area contributed by atoms with Gasteiger partial charge in [-0.05, 0) is 17.0 Å². The van der Waals surface area contributed by atoms with Gasteiger partial charge >= 0.3 is 10.0 Å². The topological polar surface area (TPSA) is 18.5 Å². The Labute approximate surface area is 103 Å². The zero-order chi connectivity index (χ0) is 11.6. The fraction of sp³-hybridized carbons (Fsp3) is 0.167. The van der Waals surface area contributed by atoms with Gasteiger partial charge in [0.1, 0.15) is 0 Å². The highest BCUT2D eigenvalue weighted by Gasteiger charge is 1.93. The second-order valence-electron chi connectivity index (χ2n) is 3.04. The molecule has 0 aliphatic heterocycles. The van der Waals surface area contributed by atoms with Crippen LogP contribution in [0, 0.1) is 0 Å². The third kappa shape index (κ3) is 4.72. The summed E-state index contributed by atoms with van der Waals surface area (Å²) >= 11 is 1.78. The van der Waals surface area contributed by atoms with Gasteiger partial charge in [-0.3, -0.25) is 0 Å². The second kappa shape index (κ2) is 8.24. The van der Waals surface area contributed by atoms with Gasteiger partial charge in [-0.2, -0.15) is 0 Å². The summed E-state index contributed by atoms with van der Waals surface area (Å²) < 4.78 is 9.22. The molecule has 0 atom stereocenters. The van der Waals surface area contributed by atoms with Crippen molar-refractivity contribution in [3.8, 4) is 10.4 Å². The normalized spacial score (nSPS) is 9.38. The SMILES string of the molecule is CO[SiH2]OC.c1ccc(-c2cccs2)cc1. The Kier molecular flexibility index (Phi) is 6.76. The van der Waals surface area contributed by atoms with Gasteiger partial charge in [0.05, 0.1) is 0 Å². The molecule has 0 aliphatic carbocycles. The second-order valence-corrected chi connectivity index (χ2v) is 5.38. The van der Waals surface area contributed by atoms with Crippen molar-refractivity contribution >= 4 is 21.3 Å². The molecule has 0 radical (unpaired) electrons. The predicted octanol–water partition coefficient (Wildman–Crippen LogP) is 2.69. The third-order valence-corrected chi connectivity index (χ3v) is 3.21. The fourth-order valence-electron chi connectivity index (χ4n) is 1.16. The summed E-state index contributed by atoms with van der Waals surface area (Å²) in [6.07, 6.45) is 0. The Morgan fingerprint density at radius 2 is 1.62 bits per heavy atom. The van der Waals surface area contributed by atoms with Crippen LogP contribution in [0.1, 0.15) is 0 Å². The molecule has 0 fully saturated rings. The van der Waals surface area contributed by atoms with Gasteiger partial charge < -0.3 is 8.85 Å². The molecule has 0 spiro atoms. The Bertz CT molecular complexity index is 360. The van der Waals surface area contributed by atoms with E-state index in [1.165, 1.54) is 10.4 Å². The molecule has 1 aromatic carbocycles. The summed E-state index contributed by atoms with van der Waals surface area (Å²) in [5.41, 5.74) is 1.31. The van der Waals surface area contributed by atoms with E-state index < -0.39 is 10.0 Å². The smallest absolute Gasteiger partial charge is 0.303 e. The summed E-state index contributed by atoms with van der Waals surface area (Å²) in [4.78, 5) is 1.34. The third-order valence-electron chi connectivity index (χ3n) is 1.82. The maximum absolute atomic E-state index is 4.61. The van der Waals surface area contributed by atoms with Crippen molar-refractivity contribution in [2.45, 2.75) is 0 Å². The van der Waals surface area contributed by atoms with E-state index in [9.17, 15) is 0 Å². The van der Waals surface area contributed by atoms with Gasteiger partial charge in [-0.1, -0.05) is 36.4 Å². The fourth-order valence-corrected chi connectivity index (χ4v) is 2.13. The molecule has 1 aromatic heterocycles. The van der Waals surface area contributed by atoms with Crippen LogP contribution in [0.2, 0.25) is 0 Å². The summed E-state index contributed by atoms with van der Waals surface area (Å²) in [7, 11) is 2.73. The van der Waals surface area contributed by atoms with Crippen LogP contribution in [0.15, 0.2) is 47.8 Å². The van der Waals surface area contributed by atoms with E-state index in [-0.39, 0.29) is 0 Å². The van der Waals surface area contributed by atoms with E-state index in [4.69, 9.17) is 0 Å². The van der Waals surface area contributed by atoms with E-state index >= 15 is 0 Å². The first-order chi connectivity index (χ1) is 7.88. The molecule has 16 heavy (non-hydrogen) atoms. The standard InChI is InChI=1S/C10H8S.C2H8O2Si/c1-2-5-9(6-3-1)10-7-4-8-11-10;1-3-5-4-2/h1-8H;5H2,1-2H3. The average molecular weight is 252 g/mol. The molecule has 1 heterocycles. The number of benzene rings is 1. The minimum absolute atomic E-state index is 0.568. The van der Waals surface area contributed by atoms with Gasteiger partial charge in [-0.15, -0.1) is 11.3 Å². The summed E-state index contributed by atoms with van der Waals surface area (Å²) in [6.45, 7) is 0. The molecule has 86 valence electrons. The van der Waals surface area contributed by atoms with Crippen LogP contribution in [0.3, 0.4) is 0 Å². The molecular weight excluding hydrogens is 236 g/mol. The average Bonchev–Trinajstić information content (AvgIpc) is 2.86. The lowest BCUT2D eigenvalue weighted by atomic mass is 10.2. The lowest BCUT2D eigenvalue weighted by Gasteiger charge is -1.93. The highest BCUT2D eigenvalue weighted by Crippen LogP contribution is 2.23. The van der Waals surface area contributed by atoms with Gasteiger partial charge in [-0.25, -0.2) is 0 Å². The number of hydrogen-bond donors (Lipinski definition) is 0. The Hall–Kier alpha value is -0.943. The largest absolute Gasteiger partial charge is 0.402 e. The number of rotatable bonds is 3. The lowest BCUT2D eigenvalue weighted by molar-refractivity contribution is 0.309. The molecule has 2 aromatic rings. The first-order valence-electron chi connectivity index (χ1n) is 4.95. The van der Waals surface area contributed by atoms with Gasteiger partial charge in [0.25, 0.3) is 0 Å². The van der Waals surface area contributed by atoms with Gasteiger partial charge in [0.15, 0.2) is 0 Å². The van der Waals surface area contributed by atoms with Crippen molar-refractivity contribution in [3.63, 3.8) is 0 Å². The van der Waals surface area contributed by atoms with E-state index in [1.807, 2.05) is 6.07 Å². The highest BCUT2D eigenvalue weighted by molar-refractivity contribution is 7.13. The summed E-state index contributed by atoms with van der Waals surface area (Å²) in [5, 5.41) is 2.10. The molecule has 0 unspecified atom stereocenters. The van der Waals surface area contributed by atoms with Crippen LogP contribution in [0.25, 0.3) is 10.4 Å². The Balaban J connectivity index is 0.000000221. The maximum atomic E-state index is 4.61. The molecule has 0 saturated carbocycles. The van der Waals surface area contributed by atoms with Crippen molar-refractivity contribution in [1.82, 2.24) is 0 Å². The molecular formula is C12H16O2SSi. The molecule has 2 rings (SSSR count). The van der Waals surface area contributed by atoms with Crippen LogP contribution in [-0.4, -0.2) is 24.2 Å². The van der Waals surface area contributed by atoms with Crippen LogP contribution < -0.4 is 0 Å². The first kappa shape index (κ1) is 13.1. The van der Waals surface area contributed by atoms with Crippen LogP contribution >= 0.6 is 11.3 Å². The zero-order valence-corrected chi connectivity index (χ0v) is 11.8. The Morgan fingerprint density at radius 1 is 0.938 bits per heavy atom. The number of thiophene rings is 1. The van der Waals surface area contributed by atoms with E-state index in [0.29, 0.717) is 0 Å². The van der Waals surface area contributed by atoms with E-state index in [2.05, 4.69) is 50.6 Å². The Morgan fingerprint density at radius 3 is 2.06 bits per heavy atom. The van der Waals surface area contributed by atoms with Crippen molar-refractivity contribution in [2.24, 2.45) is 0 Å². The van der Waals surface area contributed by atoms with Gasteiger partial charge in [0, 0.05) is 19.1 Å². The quantitative estimate of drug-likeness (QED) is 0.782. The monoisotopic (exact) mass is 252 g/mol. The van der Waals surface area contributed by atoms with Crippen molar-refractivity contribution in [2.75, 3.05) is 14.2 Å². The summed E-state index contributed by atoms with van der Waals surface area (Å²) in [6, 6.07) is 14.6. The molecule has 4 heteroatoms. The van der Waals surface area contributed by atoms with Crippen molar-refractivity contribution < 1.29 is 8.85 Å². The van der Waals surface area contributed by atoms with Crippen molar-refractivity contribution in [3.05, 3.63) is 47.8 Å². The molecule has 0 bridgehead atoms. The van der Waals surface area contributed by atoms with Crippen LogP contribution in [-0.2, 0) is 8.85 Å².